The van der Waals surface area contributed by atoms with Crippen LogP contribution < -0.4 is 5.32 Å². The van der Waals surface area contributed by atoms with Crippen molar-refractivity contribution in [2.45, 2.75) is 25.4 Å². The lowest BCUT2D eigenvalue weighted by molar-refractivity contribution is 0.155. The number of aromatic nitrogens is 3. The summed E-state index contributed by atoms with van der Waals surface area (Å²) < 4.78 is 0. The molecule has 1 atom stereocenters. The van der Waals surface area contributed by atoms with Gasteiger partial charge in [0, 0.05) is 69.7 Å². The molecule has 2 N–H and O–H groups in total. The summed E-state index contributed by atoms with van der Waals surface area (Å²) in [4.78, 5) is 18.2. The van der Waals surface area contributed by atoms with Crippen LogP contribution in [0, 0.1) is 0 Å². The average molecular weight is 456 g/mol. The second-order valence-corrected chi connectivity index (χ2v) is 9.39. The molecule has 34 heavy (non-hydrogen) atoms. The number of imidazole rings is 1. The predicted octanol–water partition coefficient (Wildman–Crippen LogP) is 2.67. The molecule has 4 aromatic rings. The van der Waals surface area contributed by atoms with Crippen molar-refractivity contribution in [2.75, 3.05) is 45.9 Å². The molecule has 1 fully saturated rings. The van der Waals surface area contributed by atoms with Gasteiger partial charge in [0.25, 0.3) is 0 Å². The van der Waals surface area contributed by atoms with E-state index < -0.39 is 0 Å². The molecule has 7 nitrogen and oxygen atoms in total. The van der Waals surface area contributed by atoms with E-state index in [0.717, 1.165) is 74.5 Å². The Bertz CT molecular complexity index is 1270. The number of β-amino-alcohol motifs (C(OH)–C–C–N with tert-alkyl or cyclic N) is 1. The minimum atomic E-state index is 0.122. The van der Waals surface area contributed by atoms with Gasteiger partial charge in [0.15, 0.2) is 0 Å². The summed E-state index contributed by atoms with van der Waals surface area (Å²) in [5.74, 6) is 1.05. The Morgan fingerprint density at radius 1 is 0.941 bits per heavy atom. The SMILES string of the molecule is OCCN1CC[N]C(c2c3c(nc4ccccc24)CCN(CCc2nc4ccccc4[nH]2)C3)C1. The number of aliphatic hydroxyl groups excluding tert-OH is 1. The molecule has 1 unspecified atom stereocenters. The van der Waals surface area contributed by atoms with Crippen molar-refractivity contribution in [2.24, 2.45) is 0 Å². The largest absolute Gasteiger partial charge is 0.395 e. The van der Waals surface area contributed by atoms with Crippen LogP contribution in [0.4, 0.5) is 0 Å². The van der Waals surface area contributed by atoms with Crippen LogP contribution in [-0.4, -0.2) is 75.7 Å². The molecule has 2 aliphatic heterocycles. The summed E-state index contributed by atoms with van der Waals surface area (Å²) in [6.07, 6.45) is 1.86. The standard InChI is InChI=1S/C27H31N6O/c34-16-15-33-14-11-28-25(18-33)27-19-5-1-2-6-21(19)29-22-9-12-32(17-20(22)27)13-10-26-30-23-7-3-4-8-24(23)31-26/h1-8,25,34H,9-18H2,(H,30,31). The molecule has 0 amide bonds. The van der Waals surface area contributed by atoms with E-state index >= 15 is 0 Å². The number of piperazine rings is 1. The highest BCUT2D eigenvalue weighted by Crippen LogP contribution is 2.34. The molecule has 0 saturated carbocycles. The highest BCUT2D eigenvalue weighted by molar-refractivity contribution is 5.84. The van der Waals surface area contributed by atoms with E-state index in [0.29, 0.717) is 6.54 Å². The number of benzene rings is 2. The number of pyridine rings is 1. The number of hydrogen-bond donors (Lipinski definition) is 2. The first kappa shape index (κ1) is 21.7. The van der Waals surface area contributed by atoms with Gasteiger partial charge >= 0.3 is 0 Å². The summed E-state index contributed by atoms with van der Waals surface area (Å²) in [5.41, 5.74) is 7.13. The number of H-pyrrole nitrogens is 1. The Morgan fingerprint density at radius 2 is 1.79 bits per heavy atom. The maximum absolute atomic E-state index is 9.48. The Labute approximate surface area is 199 Å². The van der Waals surface area contributed by atoms with Crippen LogP contribution in [-0.2, 0) is 19.4 Å². The fourth-order valence-corrected chi connectivity index (χ4v) is 5.51. The summed E-state index contributed by atoms with van der Waals surface area (Å²) in [5, 5.41) is 15.7. The minimum Gasteiger partial charge on any atom is -0.395 e. The number of para-hydroxylation sites is 3. The summed E-state index contributed by atoms with van der Waals surface area (Å²) in [6.45, 7) is 6.37. The van der Waals surface area contributed by atoms with E-state index in [1.54, 1.807) is 0 Å². The minimum absolute atomic E-state index is 0.122. The lowest BCUT2D eigenvalue weighted by atomic mass is 9.90. The quantitative estimate of drug-likeness (QED) is 0.467. The van der Waals surface area contributed by atoms with Crippen molar-refractivity contribution >= 4 is 21.9 Å². The number of rotatable bonds is 6. The second kappa shape index (κ2) is 9.43. The third-order valence-corrected chi connectivity index (χ3v) is 7.22. The van der Waals surface area contributed by atoms with Crippen molar-refractivity contribution in [1.82, 2.24) is 30.1 Å². The predicted molar refractivity (Wildman–Crippen MR) is 134 cm³/mol. The lowest BCUT2D eigenvalue weighted by Gasteiger charge is -2.36. The number of aromatic amines is 1. The number of hydrogen-bond acceptors (Lipinski definition) is 5. The summed E-state index contributed by atoms with van der Waals surface area (Å²) in [7, 11) is 0. The van der Waals surface area contributed by atoms with Gasteiger partial charge in [-0.3, -0.25) is 14.8 Å². The molecule has 7 heteroatoms. The Morgan fingerprint density at radius 3 is 2.68 bits per heavy atom. The van der Waals surface area contributed by atoms with Gasteiger partial charge in [0.1, 0.15) is 5.82 Å². The van der Waals surface area contributed by atoms with Crippen molar-refractivity contribution in [1.29, 1.82) is 0 Å². The van der Waals surface area contributed by atoms with Crippen LogP contribution in [0.25, 0.3) is 21.9 Å². The van der Waals surface area contributed by atoms with E-state index in [4.69, 9.17) is 15.3 Å². The fourth-order valence-electron chi connectivity index (χ4n) is 5.51. The van der Waals surface area contributed by atoms with Crippen LogP contribution in [0.15, 0.2) is 48.5 Å². The first-order valence-corrected chi connectivity index (χ1v) is 12.3. The molecule has 4 heterocycles. The maximum Gasteiger partial charge on any atom is 0.108 e. The first-order valence-electron chi connectivity index (χ1n) is 12.3. The molecule has 1 radical (unpaired) electrons. The molecule has 0 aliphatic carbocycles. The van der Waals surface area contributed by atoms with Crippen LogP contribution >= 0.6 is 0 Å². The van der Waals surface area contributed by atoms with Crippen LogP contribution in [0.1, 0.15) is 28.7 Å². The average Bonchev–Trinajstić information content (AvgIpc) is 3.29. The zero-order valence-electron chi connectivity index (χ0n) is 19.5. The van der Waals surface area contributed by atoms with E-state index in [1.807, 2.05) is 12.1 Å². The van der Waals surface area contributed by atoms with Crippen molar-refractivity contribution in [3.8, 4) is 0 Å². The van der Waals surface area contributed by atoms with Gasteiger partial charge in [-0.15, -0.1) is 0 Å². The molecule has 2 aliphatic rings. The number of fused-ring (bicyclic) bond motifs is 3. The number of aliphatic hydroxyl groups is 1. The molecule has 175 valence electrons. The van der Waals surface area contributed by atoms with Gasteiger partial charge in [0.05, 0.1) is 29.2 Å². The van der Waals surface area contributed by atoms with Gasteiger partial charge in [-0.1, -0.05) is 30.3 Å². The molecule has 1 saturated heterocycles. The normalized spacial score (nSPS) is 19.6. The first-order chi connectivity index (χ1) is 16.8. The van der Waals surface area contributed by atoms with Crippen molar-refractivity contribution in [3.63, 3.8) is 0 Å². The monoisotopic (exact) mass is 455 g/mol. The van der Waals surface area contributed by atoms with E-state index in [1.165, 1.54) is 22.2 Å². The van der Waals surface area contributed by atoms with Crippen molar-refractivity contribution in [3.05, 3.63) is 71.2 Å². The third-order valence-electron chi connectivity index (χ3n) is 7.22. The fraction of sp³-hybridized carbons (Fsp3) is 0.407. The zero-order chi connectivity index (χ0) is 22.9. The highest BCUT2D eigenvalue weighted by Gasteiger charge is 2.30. The smallest absolute Gasteiger partial charge is 0.108 e. The van der Waals surface area contributed by atoms with Gasteiger partial charge in [0.2, 0.25) is 0 Å². The molecular formula is C27H31N6O. The van der Waals surface area contributed by atoms with E-state index in [-0.39, 0.29) is 12.6 Å². The Hall–Kier alpha value is -2.84. The lowest BCUT2D eigenvalue weighted by Crippen LogP contribution is -2.44. The second-order valence-electron chi connectivity index (χ2n) is 9.39. The van der Waals surface area contributed by atoms with Gasteiger partial charge in [-0.25, -0.2) is 10.3 Å². The highest BCUT2D eigenvalue weighted by atomic mass is 16.3. The summed E-state index contributed by atoms with van der Waals surface area (Å²) >= 11 is 0. The third kappa shape index (κ3) is 4.20. The maximum atomic E-state index is 9.48. The zero-order valence-corrected chi connectivity index (χ0v) is 19.5. The van der Waals surface area contributed by atoms with Crippen molar-refractivity contribution < 1.29 is 5.11 Å². The van der Waals surface area contributed by atoms with Crippen LogP contribution in [0.5, 0.6) is 0 Å². The topological polar surface area (TPSA) is 82.4 Å². The summed E-state index contributed by atoms with van der Waals surface area (Å²) in [6, 6.07) is 16.8. The Balaban J connectivity index is 1.28. The van der Waals surface area contributed by atoms with Crippen LogP contribution in [0.2, 0.25) is 0 Å². The molecule has 0 bridgehead atoms. The Kier molecular flexibility index (Phi) is 6.01. The van der Waals surface area contributed by atoms with Gasteiger partial charge in [-0.05, 0) is 29.3 Å². The van der Waals surface area contributed by atoms with E-state index in [9.17, 15) is 5.11 Å². The molecule has 6 rings (SSSR count). The van der Waals surface area contributed by atoms with E-state index in [2.05, 4.69) is 51.2 Å². The van der Waals surface area contributed by atoms with Gasteiger partial charge < -0.3 is 10.1 Å². The van der Waals surface area contributed by atoms with Crippen LogP contribution in [0.3, 0.4) is 0 Å². The van der Waals surface area contributed by atoms with Gasteiger partial charge in [-0.2, -0.15) is 0 Å². The molecule has 0 spiro atoms. The molecule has 2 aromatic heterocycles. The molecular weight excluding hydrogens is 424 g/mol. The number of nitrogens with zero attached hydrogens (tertiary/aromatic N) is 5. The number of nitrogens with one attached hydrogen (secondary N) is 1. The molecule has 2 aromatic carbocycles.